The Bertz CT molecular complexity index is 991. The van der Waals surface area contributed by atoms with Gasteiger partial charge in [-0.3, -0.25) is 4.79 Å². The molecule has 0 saturated heterocycles. The molecule has 0 fully saturated rings. The highest BCUT2D eigenvalue weighted by Crippen LogP contribution is 2.28. The van der Waals surface area contributed by atoms with E-state index in [-0.39, 0.29) is 5.69 Å². The van der Waals surface area contributed by atoms with Crippen LogP contribution in [-0.4, -0.2) is 21.1 Å². The van der Waals surface area contributed by atoms with Gasteiger partial charge in [-0.2, -0.15) is 13.2 Å². The van der Waals surface area contributed by atoms with Gasteiger partial charge in [-0.15, -0.1) is 10.2 Å². The van der Waals surface area contributed by atoms with Crippen molar-refractivity contribution in [3.8, 4) is 11.1 Å². The standard InChI is InChI=1S/C18H12ClF3N4O/c1-10-2-3-12(9-13(10)11-6-7-23-16(19)8-11)24-17(27)14-4-5-15(26-25-14)18(20,21)22/h2-9H,1H3,(H,24,27). The fourth-order valence-corrected chi connectivity index (χ4v) is 2.55. The lowest BCUT2D eigenvalue weighted by Gasteiger charge is -2.11. The lowest BCUT2D eigenvalue weighted by molar-refractivity contribution is -0.141. The maximum atomic E-state index is 12.5. The first kappa shape index (κ1) is 18.8. The number of hydrogen-bond donors (Lipinski definition) is 1. The van der Waals surface area contributed by atoms with E-state index < -0.39 is 17.8 Å². The topological polar surface area (TPSA) is 67.8 Å². The Morgan fingerprint density at radius 3 is 2.48 bits per heavy atom. The number of amides is 1. The first-order valence-electron chi connectivity index (χ1n) is 7.69. The third-order valence-corrected chi connectivity index (χ3v) is 3.93. The molecule has 0 unspecified atom stereocenters. The van der Waals surface area contributed by atoms with Crippen LogP contribution in [0.5, 0.6) is 0 Å². The molecule has 3 aromatic rings. The summed E-state index contributed by atoms with van der Waals surface area (Å²) in [6.07, 6.45) is -3.04. The van der Waals surface area contributed by atoms with Crippen LogP contribution in [0.4, 0.5) is 18.9 Å². The average molecular weight is 393 g/mol. The highest BCUT2D eigenvalue weighted by molar-refractivity contribution is 6.29. The van der Waals surface area contributed by atoms with E-state index in [0.717, 1.165) is 22.8 Å². The lowest BCUT2D eigenvalue weighted by Crippen LogP contribution is -2.16. The summed E-state index contributed by atoms with van der Waals surface area (Å²) in [5.74, 6) is -0.668. The van der Waals surface area contributed by atoms with Crippen molar-refractivity contribution in [1.29, 1.82) is 0 Å². The Hall–Kier alpha value is -3.00. The largest absolute Gasteiger partial charge is 0.435 e. The smallest absolute Gasteiger partial charge is 0.321 e. The Morgan fingerprint density at radius 2 is 1.85 bits per heavy atom. The summed E-state index contributed by atoms with van der Waals surface area (Å²) in [7, 11) is 0. The van der Waals surface area contributed by atoms with E-state index >= 15 is 0 Å². The van der Waals surface area contributed by atoms with E-state index in [1.165, 1.54) is 0 Å². The number of hydrogen-bond acceptors (Lipinski definition) is 4. The van der Waals surface area contributed by atoms with Crippen molar-refractivity contribution >= 4 is 23.2 Å². The Kier molecular flexibility index (Phi) is 5.09. The number of halogens is 4. The number of benzene rings is 1. The van der Waals surface area contributed by atoms with Gasteiger partial charge < -0.3 is 5.32 Å². The second-order valence-electron chi connectivity index (χ2n) is 5.65. The van der Waals surface area contributed by atoms with E-state index in [2.05, 4.69) is 20.5 Å². The molecule has 27 heavy (non-hydrogen) atoms. The van der Waals surface area contributed by atoms with Crippen LogP contribution in [0.25, 0.3) is 11.1 Å². The number of anilines is 1. The Labute approximate surface area is 157 Å². The number of aromatic nitrogens is 3. The molecule has 0 atom stereocenters. The molecule has 2 aromatic heterocycles. The Balaban J connectivity index is 1.83. The number of alkyl halides is 3. The summed E-state index contributed by atoms with van der Waals surface area (Å²) in [5, 5.41) is 9.32. The van der Waals surface area contributed by atoms with Crippen LogP contribution in [-0.2, 0) is 6.18 Å². The molecular weight excluding hydrogens is 381 g/mol. The fraction of sp³-hybridized carbons (Fsp3) is 0.111. The van der Waals surface area contributed by atoms with Crippen LogP contribution in [0.15, 0.2) is 48.7 Å². The van der Waals surface area contributed by atoms with Crippen LogP contribution in [0.1, 0.15) is 21.7 Å². The minimum absolute atomic E-state index is 0.225. The van der Waals surface area contributed by atoms with E-state index in [1.807, 2.05) is 6.92 Å². The maximum Gasteiger partial charge on any atom is 0.435 e. The molecule has 0 aliphatic rings. The van der Waals surface area contributed by atoms with Crippen LogP contribution >= 0.6 is 11.6 Å². The minimum Gasteiger partial charge on any atom is -0.321 e. The fourth-order valence-electron chi connectivity index (χ4n) is 2.38. The van der Waals surface area contributed by atoms with Gasteiger partial charge in [0.25, 0.3) is 5.91 Å². The summed E-state index contributed by atoms with van der Waals surface area (Å²) >= 11 is 5.92. The Morgan fingerprint density at radius 1 is 1.07 bits per heavy atom. The van der Waals surface area contributed by atoms with Crippen LogP contribution in [0.3, 0.4) is 0 Å². The molecule has 138 valence electrons. The molecule has 1 amide bonds. The number of rotatable bonds is 3. The van der Waals surface area contributed by atoms with Crippen molar-refractivity contribution in [2.75, 3.05) is 5.32 Å². The van der Waals surface area contributed by atoms with Gasteiger partial charge in [0.15, 0.2) is 11.4 Å². The molecule has 1 aromatic carbocycles. The van der Waals surface area contributed by atoms with Crippen molar-refractivity contribution in [3.63, 3.8) is 0 Å². The number of nitrogens with zero attached hydrogens (tertiary/aromatic N) is 3. The average Bonchev–Trinajstić information content (AvgIpc) is 2.62. The van der Waals surface area contributed by atoms with E-state index in [0.29, 0.717) is 16.9 Å². The van der Waals surface area contributed by atoms with Gasteiger partial charge in [0.1, 0.15) is 5.15 Å². The van der Waals surface area contributed by atoms with Crippen LogP contribution < -0.4 is 5.32 Å². The lowest BCUT2D eigenvalue weighted by atomic mass is 10.0. The molecule has 5 nitrogen and oxygen atoms in total. The number of pyridine rings is 1. The molecule has 1 N–H and O–H groups in total. The molecule has 0 spiro atoms. The van der Waals surface area contributed by atoms with Gasteiger partial charge in [-0.25, -0.2) is 4.98 Å². The second-order valence-corrected chi connectivity index (χ2v) is 6.04. The third kappa shape index (κ3) is 4.40. The number of carbonyl (C=O) groups excluding carboxylic acids is 1. The normalized spacial score (nSPS) is 11.3. The first-order valence-corrected chi connectivity index (χ1v) is 8.07. The zero-order valence-electron chi connectivity index (χ0n) is 13.9. The molecule has 0 aliphatic carbocycles. The van der Waals surface area contributed by atoms with Gasteiger partial charge >= 0.3 is 6.18 Å². The molecule has 3 rings (SSSR count). The van der Waals surface area contributed by atoms with Gasteiger partial charge in [-0.05, 0) is 60.0 Å². The predicted molar refractivity (Wildman–Crippen MR) is 94.4 cm³/mol. The molecule has 9 heteroatoms. The van der Waals surface area contributed by atoms with Crippen LogP contribution in [0.2, 0.25) is 5.15 Å². The SMILES string of the molecule is Cc1ccc(NC(=O)c2ccc(C(F)(F)F)nn2)cc1-c1ccnc(Cl)c1. The molecule has 0 aliphatic heterocycles. The summed E-state index contributed by atoms with van der Waals surface area (Å²) in [4.78, 5) is 16.2. The molecular formula is C18H12ClF3N4O. The van der Waals surface area contributed by atoms with Crippen LogP contribution in [0, 0.1) is 6.92 Å². The summed E-state index contributed by atoms with van der Waals surface area (Å²) in [6, 6.07) is 10.4. The first-order chi connectivity index (χ1) is 12.7. The summed E-state index contributed by atoms with van der Waals surface area (Å²) < 4.78 is 37.6. The predicted octanol–water partition coefficient (Wildman–Crippen LogP) is 4.77. The van der Waals surface area contributed by atoms with Crippen molar-refractivity contribution < 1.29 is 18.0 Å². The van der Waals surface area contributed by atoms with E-state index in [4.69, 9.17) is 11.6 Å². The highest BCUT2D eigenvalue weighted by atomic mass is 35.5. The highest BCUT2D eigenvalue weighted by Gasteiger charge is 2.33. The molecule has 0 saturated carbocycles. The molecule has 2 heterocycles. The van der Waals surface area contributed by atoms with Crippen molar-refractivity contribution in [1.82, 2.24) is 15.2 Å². The van der Waals surface area contributed by atoms with Crippen molar-refractivity contribution in [3.05, 3.63) is 70.8 Å². The van der Waals surface area contributed by atoms with E-state index in [9.17, 15) is 18.0 Å². The molecule has 0 radical (unpaired) electrons. The molecule has 0 bridgehead atoms. The monoisotopic (exact) mass is 392 g/mol. The maximum absolute atomic E-state index is 12.5. The number of nitrogens with one attached hydrogen (secondary N) is 1. The van der Waals surface area contributed by atoms with Gasteiger partial charge in [0.05, 0.1) is 0 Å². The zero-order valence-corrected chi connectivity index (χ0v) is 14.6. The summed E-state index contributed by atoms with van der Waals surface area (Å²) in [5.41, 5.74) is 1.66. The summed E-state index contributed by atoms with van der Waals surface area (Å²) in [6.45, 7) is 1.90. The second kappa shape index (κ2) is 7.32. The van der Waals surface area contributed by atoms with Gasteiger partial charge in [0.2, 0.25) is 0 Å². The van der Waals surface area contributed by atoms with E-state index in [1.54, 1.807) is 36.5 Å². The minimum atomic E-state index is -4.61. The van der Waals surface area contributed by atoms with Crippen molar-refractivity contribution in [2.24, 2.45) is 0 Å². The number of aryl methyl sites for hydroxylation is 1. The number of carbonyl (C=O) groups is 1. The van der Waals surface area contributed by atoms with Gasteiger partial charge in [-0.1, -0.05) is 17.7 Å². The van der Waals surface area contributed by atoms with Crippen molar-refractivity contribution in [2.45, 2.75) is 13.1 Å². The quantitative estimate of drug-likeness (QED) is 0.652. The zero-order chi connectivity index (χ0) is 19.6. The van der Waals surface area contributed by atoms with Gasteiger partial charge in [0, 0.05) is 11.9 Å². The third-order valence-electron chi connectivity index (χ3n) is 3.72.